The number of ketones is 1. The second-order valence-electron chi connectivity index (χ2n) is 12.1. The van der Waals surface area contributed by atoms with E-state index >= 15 is 0 Å². The third kappa shape index (κ3) is 31.7. The van der Waals surface area contributed by atoms with Crippen molar-refractivity contribution in [3.05, 3.63) is 0 Å². The Balaban J connectivity index is 3.14. The van der Waals surface area contributed by atoms with Gasteiger partial charge >= 0.3 is 0 Å². The Morgan fingerprint density at radius 2 is 0.649 bits per heavy atom. The molecule has 0 rings (SSSR count). The number of unbranched alkanes of at least 4 members (excludes halogenated alkanes) is 24. The fraction of sp³-hybridized carbons (Fsp3) is 0.971. The van der Waals surface area contributed by atoms with Crippen molar-refractivity contribution in [3.8, 4) is 0 Å². The summed E-state index contributed by atoms with van der Waals surface area (Å²) >= 11 is 0. The second-order valence-corrected chi connectivity index (χ2v) is 12.1. The molecule has 37 heavy (non-hydrogen) atoms. The summed E-state index contributed by atoms with van der Waals surface area (Å²) in [5.74, 6) is 0.502. The van der Waals surface area contributed by atoms with Gasteiger partial charge in [0.1, 0.15) is 5.78 Å². The zero-order chi connectivity index (χ0) is 27.1. The Morgan fingerprint density at radius 1 is 0.405 bits per heavy atom. The van der Waals surface area contributed by atoms with E-state index < -0.39 is 0 Å². The van der Waals surface area contributed by atoms with Crippen molar-refractivity contribution in [2.45, 2.75) is 219 Å². The molecule has 0 bridgehead atoms. The summed E-state index contributed by atoms with van der Waals surface area (Å²) in [5.41, 5.74) is 0. The minimum atomic E-state index is -0.0424. The number of Topliss-reactive ketones (excluding diaryl/α,β-unsaturated/α-hetero) is 1. The van der Waals surface area contributed by atoms with Gasteiger partial charge in [-0.15, -0.1) is 0 Å². The molecule has 2 heteroatoms. The summed E-state index contributed by atoms with van der Waals surface area (Å²) in [4.78, 5) is 11.8. The minimum Gasteiger partial charge on any atom is -0.393 e. The average molecular weight is 523 g/mol. The van der Waals surface area contributed by atoms with Crippen LogP contribution in [0.25, 0.3) is 0 Å². The molecule has 1 atom stereocenters. The second kappa shape index (κ2) is 31.8. The smallest absolute Gasteiger partial charge is 0.132 e. The van der Waals surface area contributed by atoms with Gasteiger partial charge in [-0.05, 0) is 25.7 Å². The van der Waals surface area contributed by atoms with Gasteiger partial charge in [0, 0.05) is 12.8 Å². The fourth-order valence-corrected chi connectivity index (χ4v) is 5.53. The molecular weight excluding hydrogens is 452 g/mol. The largest absolute Gasteiger partial charge is 0.393 e. The molecule has 1 unspecified atom stereocenters. The first kappa shape index (κ1) is 36.6. The zero-order valence-electron chi connectivity index (χ0n) is 25.9. The molecule has 2 nitrogen and oxygen atoms in total. The van der Waals surface area contributed by atoms with Crippen LogP contribution in [0, 0.1) is 0 Å². The molecule has 222 valence electrons. The molecule has 1 N–H and O–H groups in total. The van der Waals surface area contributed by atoms with Crippen molar-refractivity contribution < 1.29 is 9.90 Å². The lowest BCUT2D eigenvalue weighted by atomic mass is 10.0. The Labute approximate surface area is 234 Å². The molecule has 0 heterocycles. The topological polar surface area (TPSA) is 37.3 Å². The van der Waals surface area contributed by atoms with Crippen LogP contribution in [0.3, 0.4) is 0 Å². The van der Waals surface area contributed by atoms with Gasteiger partial charge in [0.05, 0.1) is 6.10 Å². The van der Waals surface area contributed by atoms with E-state index in [0.717, 1.165) is 38.5 Å². The van der Waals surface area contributed by atoms with Crippen molar-refractivity contribution in [2.24, 2.45) is 0 Å². The van der Waals surface area contributed by atoms with Crippen LogP contribution in [-0.2, 0) is 4.79 Å². The molecule has 0 saturated carbocycles. The van der Waals surface area contributed by atoms with Gasteiger partial charge in [-0.1, -0.05) is 174 Å². The van der Waals surface area contributed by atoms with Crippen LogP contribution in [0.5, 0.6) is 0 Å². The highest BCUT2D eigenvalue weighted by Gasteiger charge is 2.04. The molecule has 0 aliphatic rings. The number of carbonyl (C=O) groups is 1. The van der Waals surface area contributed by atoms with Gasteiger partial charge in [-0.3, -0.25) is 4.79 Å². The number of hydrogen-bond acceptors (Lipinski definition) is 2. The molecule has 0 aromatic carbocycles. The lowest BCUT2D eigenvalue weighted by Gasteiger charge is -2.10. The van der Waals surface area contributed by atoms with Gasteiger partial charge in [-0.25, -0.2) is 0 Å². The standard InChI is InChI=1S/C35H70O2/c1-3-5-7-23-27-31-35(37)33-29-25-22-20-18-16-14-12-10-9-11-13-15-17-19-21-24-28-32-34(36)30-26-8-6-4-2/h35,37H,3-33H2,1-2H3. The number of carbonyl (C=O) groups excluding carboxylic acids is 1. The van der Waals surface area contributed by atoms with Crippen LogP contribution in [-0.4, -0.2) is 17.0 Å². The van der Waals surface area contributed by atoms with Crippen LogP contribution in [0.15, 0.2) is 0 Å². The molecule has 0 spiro atoms. The lowest BCUT2D eigenvalue weighted by molar-refractivity contribution is -0.119. The summed E-state index contributed by atoms with van der Waals surface area (Å²) in [7, 11) is 0. The molecule has 0 saturated heterocycles. The third-order valence-electron chi connectivity index (χ3n) is 8.19. The average Bonchev–Trinajstić information content (AvgIpc) is 2.90. The maximum atomic E-state index is 11.8. The van der Waals surface area contributed by atoms with Gasteiger partial charge in [0.15, 0.2) is 0 Å². The zero-order valence-corrected chi connectivity index (χ0v) is 25.9. The van der Waals surface area contributed by atoms with E-state index in [2.05, 4.69) is 13.8 Å². The Bertz CT molecular complexity index is 433. The number of aliphatic hydroxyl groups is 1. The maximum Gasteiger partial charge on any atom is 0.132 e. The molecule has 0 fully saturated rings. The van der Waals surface area contributed by atoms with E-state index in [0.29, 0.717) is 5.78 Å². The predicted octanol–water partition coefficient (Wildman–Crippen LogP) is 12.0. The molecule has 0 aliphatic heterocycles. The Kier molecular flexibility index (Phi) is 31.5. The molecule has 0 aromatic heterocycles. The first-order chi connectivity index (χ1) is 18.2. The van der Waals surface area contributed by atoms with E-state index in [1.807, 2.05) is 0 Å². The van der Waals surface area contributed by atoms with E-state index in [4.69, 9.17) is 0 Å². The number of hydrogen-bond donors (Lipinski definition) is 1. The van der Waals surface area contributed by atoms with Crippen molar-refractivity contribution in [1.29, 1.82) is 0 Å². The van der Waals surface area contributed by atoms with Gasteiger partial charge < -0.3 is 5.11 Å². The highest BCUT2D eigenvalue weighted by Crippen LogP contribution is 2.16. The summed E-state index contributed by atoms with van der Waals surface area (Å²) in [6.07, 6.45) is 39.6. The first-order valence-electron chi connectivity index (χ1n) is 17.4. The highest BCUT2D eigenvalue weighted by molar-refractivity contribution is 5.78. The minimum absolute atomic E-state index is 0.0424. The van der Waals surface area contributed by atoms with Crippen LogP contribution in [0.2, 0.25) is 0 Å². The monoisotopic (exact) mass is 523 g/mol. The molecule has 0 radical (unpaired) electrons. The molecular formula is C35H70O2. The van der Waals surface area contributed by atoms with Crippen molar-refractivity contribution >= 4 is 5.78 Å². The Morgan fingerprint density at radius 3 is 0.973 bits per heavy atom. The van der Waals surface area contributed by atoms with Crippen LogP contribution >= 0.6 is 0 Å². The van der Waals surface area contributed by atoms with Gasteiger partial charge in [-0.2, -0.15) is 0 Å². The van der Waals surface area contributed by atoms with Crippen molar-refractivity contribution in [3.63, 3.8) is 0 Å². The van der Waals surface area contributed by atoms with Crippen LogP contribution in [0.1, 0.15) is 213 Å². The first-order valence-corrected chi connectivity index (χ1v) is 17.4. The third-order valence-corrected chi connectivity index (χ3v) is 8.19. The maximum absolute atomic E-state index is 11.8. The molecule has 0 aromatic rings. The highest BCUT2D eigenvalue weighted by atomic mass is 16.3. The Hall–Kier alpha value is -0.370. The normalized spacial score (nSPS) is 12.3. The van der Waals surface area contributed by atoms with Crippen molar-refractivity contribution in [1.82, 2.24) is 0 Å². The van der Waals surface area contributed by atoms with E-state index in [9.17, 15) is 9.90 Å². The van der Waals surface area contributed by atoms with Crippen molar-refractivity contribution in [2.75, 3.05) is 0 Å². The summed E-state index contributed by atoms with van der Waals surface area (Å²) < 4.78 is 0. The molecule has 0 amide bonds. The number of rotatable bonds is 32. The predicted molar refractivity (Wildman–Crippen MR) is 165 cm³/mol. The quantitative estimate of drug-likeness (QED) is 0.0892. The number of aliphatic hydroxyl groups excluding tert-OH is 1. The van der Waals surface area contributed by atoms with Gasteiger partial charge in [0.2, 0.25) is 0 Å². The summed E-state index contributed by atoms with van der Waals surface area (Å²) in [5, 5.41) is 10.1. The van der Waals surface area contributed by atoms with Crippen LogP contribution in [0.4, 0.5) is 0 Å². The molecule has 0 aliphatic carbocycles. The fourth-order valence-electron chi connectivity index (χ4n) is 5.53. The van der Waals surface area contributed by atoms with Gasteiger partial charge in [0.25, 0.3) is 0 Å². The summed E-state index contributed by atoms with van der Waals surface area (Å²) in [6, 6.07) is 0. The summed E-state index contributed by atoms with van der Waals surface area (Å²) in [6.45, 7) is 4.48. The van der Waals surface area contributed by atoms with E-state index in [1.54, 1.807) is 0 Å². The lowest BCUT2D eigenvalue weighted by Crippen LogP contribution is -2.05. The van der Waals surface area contributed by atoms with Crippen LogP contribution < -0.4 is 0 Å². The SMILES string of the molecule is CCCCCCCC(O)CCCCCCCCCCCCCCCCCCCCC(=O)CCCCCC. The van der Waals surface area contributed by atoms with E-state index in [1.165, 1.54) is 161 Å². The van der Waals surface area contributed by atoms with E-state index in [-0.39, 0.29) is 6.10 Å².